The van der Waals surface area contributed by atoms with Gasteiger partial charge in [-0.2, -0.15) is 0 Å². The standard InChI is InChI=1S/C11H20O5/c12-9(8-11(15)16)6-4-2-1-3-5-7-10(13)14/h9,12H,1-8H2,(H,13,14)(H,15,16). The summed E-state index contributed by atoms with van der Waals surface area (Å²) in [6.07, 6.45) is 3.97. The highest BCUT2D eigenvalue weighted by molar-refractivity contribution is 5.67. The van der Waals surface area contributed by atoms with Crippen molar-refractivity contribution in [2.75, 3.05) is 0 Å². The zero-order valence-corrected chi connectivity index (χ0v) is 9.39. The van der Waals surface area contributed by atoms with E-state index >= 15 is 0 Å². The molecule has 0 aliphatic heterocycles. The van der Waals surface area contributed by atoms with Crippen LogP contribution in [0.4, 0.5) is 0 Å². The van der Waals surface area contributed by atoms with Gasteiger partial charge in [-0.3, -0.25) is 9.59 Å². The molecule has 5 nitrogen and oxygen atoms in total. The topological polar surface area (TPSA) is 94.8 Å². The van der Waals surface area contributed by atoms with Crippen molar-refractivity contribution in [3.8, 4) is 0 Å². The first-order valence-corrected chi connectivity index (χ1v) is 5.64. The third-order valence-corrected chi connectivity index (χ3v) is 2.34. The number of rotatable bonds is 10. The molecule has 0 fully saturated rings. The number of hydrogen-bond acceptors (Lipinski definition) is 3. The normalized spacial score (nSPS) is 12.3. The van der Waals surface area contributed by atoms with Crippen LogP contribution in [-0.4, -0.2) is 33.4 Å². The predicted octanol–water partition coefficient (Wildman–Crippen LogP) is 1.64. The van der Waals surface area contributed by atoms with Crippen LogP contribution >= 0.6 is 0 Å². The summed E-state index contributed by atoms with van der Waals surface area (Å²) in [6, 6.07) is 0. The van der Waals surface area contributed by atoms with E-state index in [1.165, 1.54) is 0 Å². The van der Waals surface area contributed by atoms with E-state index in [1.54, 1.807) is 0 Å². The molecular weight excluding hydrogens is 212 g/mol. The van der Waals surface area contributed by atoms with Crippen LogP contribution in [0.5, 0.6) is 0 Å². The van der Waals surface area contributed by atoms with Gasteiger partial charge < -0.3 is 15.3 Å². The van der Waals surface area contributed by atoms with Gasteiger partial charge >= 0.3 is 11.9 Å². The molecule has 94 valence electrons. The Balaban J connectivity index is 3.20. The largest absolute Gasteiger partial charge is 0.481 e. The number of unbranched alkanes of at least 4 members (excludes halogenated alkanes) is 4. The number of aliphatic hydroxyl groups is 1. The first-order valence-electron chi connectivity index (χ1n) is 5.64. The lowest BCUT2D eigenvalue weighted by atomic mass is 10.1. The number of carboxylic acids is 2. The minimum Gasteiger partial charge on any atom is -0.481 e. The molecule has 3 N–H and O–H groups in total. The zero-order valence-electron chi connectivity index (χ0n) is 9.39. The maximum absolute atomic E-state index is 10.2. The van der Waals surface area contributed by atoms with E-state index in [4.69, 9.17) is 10.2 Å². The fraction of sp³-hybridized carbons (Fsp3) is 0.818. The van der Waals surface area contributed by atoms with Crippen LogP contribution in [0.3, 0.4) is 0 Å². The van der Waals surface area contributed by atoms with E-state index in [1.807, 2.05) is 0 Å². The second kappa shape index (κ2) is 9.15. The van der Waals surface area contributed by atoms with Crippen LogP contribution in [0.25, 0.3) is 0 Å². The Morgan fingerprint density at radius 2 is 1.44 bits per heavy atom. The minimum atomic E-state index is -0.978. The Hall–Kier alpha value is -1.10. The fourth-order valence-electron chi connectivity index (χ4n) is 1.49. The van der Waals surface area contributed by atoms with Crippen molar-refractivity contribution < 1.29 is 24.9 Å². The number of aliphatic carboxylic acids is 2. The maximum Gasteiger partial charge on any atom is 0.305 e. The van der Waals surface area contributed by atoms with Gasteiger partial charge in [0.15, 0.2) is 0 Å². The minimum absolute atomic E-state index is 0.195. The number of carboxylic acid groups (broad SMARTS) is 2. The fourth-order valence-corrected chi connectivity index (χ4v) is 1.49. The summed E-state index contributed by atoms with van der Waals surface area (Å²) in [5.41, 5.74) is 0. The average molecular weight is 232 g/mol. The summed E-state index contributed by atoms with van der Waals surface area (Å²) in [4.78, 5) is 20.4. The summed E-state index contributed by atoms with van der Waals surface area (Å²) in [5, 5.41) is 26.0. The average Bonchev–Trinajstić information content (AvgIpc) is 2.14. The number of carbonyl (C=O) groups is 2. The van der Waals surface area contributed by atoms with Crippen LogP contribution in [0, 0.1) is 0 Å². The van der Waals surface area contributed by atoms with Gasteiger partial charge in [0.25, 0.3) is 0 Å². The lowest BCUT2D eigenvalue weighted by Gasteiger charge is -2.06. The second-order valence-corrected chi connectivity index (χ2v) is 3.95. The van der Waals surface area contributed by atoms with E-state index in [0.717, 1.165) is 25.7 Å². The molecule has 0 saturated heterocycles. The highest BCUT2D eigenvalue weighted by Gasteiger charge is 2.08. The highest BCUT2D eigenvalue weighted by Crippen LogP contribution is 2.10. The second-order valence-electron chi connectivity index (χ2n) is 3.95. The van der Waals surface area contributed by atoms with Crippen molar-refractivity contribution in [3.63, 3.8) is 0 Å². The predicted molar refractivity (Wildman–Crippen MR) is 58.2 cm³/mol. The quantitative estimate of drug-likeness (QED) is 0.498. The lowest BCUT2D eigenvalue weighted by molar-refractivity contribution is -0.139. The van der Waals surface area contributed by atoms with Gasteiger partial charge in [-0.05, 0) is 12.8 Å². The van der Waals surface area contributed by atoms with E-state index in [9.17, 15) is 14.7 Å². The van der Waals surface area contributed by atoms with Crippen molar-refractivity contribution in [2.45, 2.75) is 57.5 Å². The molecule has 1 unspecified atom stereocenters. The van der Waals surface area contributed by atoms with Gasteiger partial charge in [-0.25, -0.2) is 0 Å². The van der Waals surface area contributed by atoms with Crippen LogP contribution in [0.2, 0.25) is 0 Å². The molecule has 0 bridgehead atoms. The van der Waals surface area contributed by atoms with Crippen LogP contribution in [-0.2, 0) is 9.59 Å². The van der Waals surface area contributed by atoms with E-state index < -0.39 is 18.0 Å². The molecule has 0 radical (unpaired) electrons. The van der Waals surface area contributed by atoms with Crippen molar-refractivity contribution in [2.24, 2.45) is 0 Å². The maximum atomic E-state index is 10.2. The summed E-state index contributed by atoms with van der Waals surface area (Å²) in [7, 11) is 0. The Labute approximate surface area is 95.1 Å². The van der Waals surface area contributed by atoms with Gasteiger partial charge in [0.1, 0.15) is 0 Å². The van der Waals surface area contributed by atoms with Gasteiger partial charge in [0, 0.05) is 6.42 Å². The smallest absolute Gasteiger partial charge is 0.305 e. The summed E-state index contributed by atoms with van der Waals surface area (Å²) in [6.45, 7) is 0. The Bertz CT molecular complexity index is 214. The van der Waals surface area contributed by atoms with Crippen LogP contribution in [0.15, 0.2) is 0 Å². The van der Waals surface area contributed by atoms with E-state index in [-0.39, 0.29) is 12.8 Å². The molecule has 0 aromatic carbocycles. The first kappa shape index (κ1) is 14.9. The molecular formula is C11H20O5. The number of aliphatic hydroxyl groups excluding tert-OH is 1. The van der Waals surface area contributed by atoms with Crippen molar-refractivity contribution in [1.82, 2.24) is 0 Å². The molecule has 0 aromatic heterocycles. The zero-order chi connectivity index (χ0) is 12.4. The summed E-state index contributed by atoms with van der Waals surface area (Å²) >= 11 is 0. The number of hydrogen-bond donors (Lipinski definition) is 3. The summed E-state index contributed by atoms with van der Waals surface area (Å²) in [5.74, 6) is -1.74. The molecule has 0 rings (SSSR count). The van der Waals surface area contributed by atoms with Gasteiger partial charge in [0.05, 0.1) is 12.5 Å². The first-order chi connectivity index (χ1) is 7.52. The monoisotopic (exact) mass is 232 g/mol. The summed E-state index contributed by atoms with van der Waals surface area (Å²) < 4.78 is 0. The molecule has 0 aromatic rings. The van der Waals surface area contributed by atoms with Gasteiger partial charge in [-0.1, -0.05) is 25.7 Å². The third kappa shape index (κ3) is 11.0. The Kier molecular flexibility index (Phi) is 8.52. The molecule has 0 aliphatic carbocycles. The van der Waals surface area contributed by atoms with E-state index in [0.29, 0.717) is 12.8 Å². The molecule has 0 amide bonds. The van der Waals surface area contributed by atoms with Crippen LogP contribution < -0.4 is 0 Å². The lowest BCUT2D eigenvalue weighted by Crippen LogP contribution is -2.12. The Morgan fingerprint density at radius 3 is 2.00 bits per heavy atom. The van der Waals surface area contributed by atoms with E-state index in [2.05, 4.69) is 0 Å². The molecule has 0 aliphatic rings. The third-order valence-electron chi connectivity index (χ3n) is 2.34. The molecule has 5 heteroatoms. The van der Waals surface area contributed by atoms with Gasteiger partial charge in [0.2, 0.25) is 0 Å². The molecule has 0 heterocycles. The SMILES string of the molecule is O=C(O)CCCCCCCC(O)CC(=O)O. The Morgan fingerprint density at radius 1 is 0.875 bits per heavy atom. The molecule has 0 saturated carbocycles. The van der Waals surface area contributed by atoms with Gasteiger partial charge in [-0.15, -0.1) is 0 Å². The van der Waals surface area contributed by atoms with Crippen molar-refractivity contribution in [1.29, 1.82) is 0 Å². The van der Waals surface area contributed by atoms with Crippen LogP contribution in [0.1, 0.15) is 51.4 Å². The molecule has 16 heavy (non-hydrogen) atoms. The molecule has 1 atom stereocenters. The molecule has 0 spiro atoms. The van der Waals surface area contributed by atoms with Crippen molar-refractivity contribution >= 4 is 11.9 Å². The highest BCUT2D eigenvalue weighted by atomic mass is 16.4. The van der Waals surface area contributed by atoms with Crippen molar-refractivity contribution in [3.05, 3.63) is 0 Å².